The summed E-state index contributed by atoms with van der Waals surface area (Å²) in [5, 5.41) is 34.4. The summed E-state index contributed by atoms with van der Waals surface area (Å²) in [6.07, 6.45) is 1.84. The zero-order chi connectivity index (χ0) is 30.4. The molecule has 1 aromatic heterocycles. The summed E-state index contributed by atoms with van der Waals surface area (Å²) < 4.78 is 0. The minimum Gasteiger partial charge on any atom is -0.508 e. The fourth-order valence-electron chi connectivity index (χ4n) is 5.13. The molecule has 42 heavy (non-hydrogen) atoms. The molecule has 4 unspecified atom stereocenters. The first-order chi connectivity index (χ1) is 20.0. The van der Waals surface area contributed by atoms with Gasteiger partial charge in [-0.05, 0) is 42.2 Å². The third kappa shape index (κ3) is 7.23. The van der Waals surface area contributed by atoms with E-state index in [9.17, 15) is 34.2 Å². The Hall–Kier alpha value is -4.91. The number of fused-ring (bicyclic) bond motifs is 1. The van der Waals surface area contributed by atoms with Crippen LogP contribution in [-0.2, 0) is 36.8 Å². The summed E-state index contributed by atoms with van der Waals surface area (Å²) in [6.45, 7) is 0.206. The lowest BCUT2D eigenvalue weighted by Crippen LogP contribution is -2.57. The Morgan fingerprint density at radius 3 is 2.38 bits per heavy atom. The van der Waals surface area contributed by atoms with Gasteiger partial charge in [0.1, 0.15) is 23.9 Å². The highest BCUT2D eigenvalue weighted by molar-refractivity contribution is 5.95. The van der Waals surface area contributed by atoms with Crippen molar-refractivity contribution >= 4 is 40.6 Å². The van der Waals surface area contributed by atoms with Crippen LogP contribution in [0.1, 0.15) is 30.4 Å². The zero-order valence-corrected chi connectivity index (χ0v) is 22.7. The van der Waals surface area contributed by atoms with Gasteiger partial charge in [-0.25, -0.2) is 4.79 Å². The molecule has 4 rings (SSSR count). The predicted octanol–water partition coefficient (Wildman–Crippen LogP) is 0.506. The summed E-state index contributed by atoms with van der Waals surface area (Å²) in [7, 11) is 0. The summed E-state index contributed by atoms with van der Waals surface area (Å²) in [5.74, 6) is -4.56. The lowest BCUT2D eigenvalue weighted by Gasteiger charge is -2.28. The van der Waals surface area contributed by atoms with Gasteiger partial charge >= 0.3 is 11.9 Å². The molecule has 1 aliphatic heterocycles. The molecule has 0 bridgehead atoms. The molecule has 1 fully saturated rings. The number of aromatic amines is 1. The molecule has 0 aliphatic carbocycles. The molecule has 13 heteroatoms. The molecule has 1 aliphatic rings. The summed E-state index contributed by atoms with van der Waals surface area (Å²) in [4.78, 5) is 67.3. The number of phenols is 1. The second-order valence-corrected chi connectivity index (χ2v) is 10.3. The average molecular weight is 580 g/mol. The van der Waals surface area contributed by atoms with Gasteiger partial charge in [0.25, 0.3) is 0 Å². The van der Waals surface area contributed by atoms with E-state index >= 15 is 0 Å². The standard InChI is InChI=1S/C29H33N5O8/c30-20(14-25(36)37)28(40)34-11-3-6-24(34)27(39)32-22(13-17-15-31-21-5-2-1-4-19(17)21)26(38)33-23(29(41)42)12-16-7-9-18(35)10-8-16/h1-2,4-5,7-10,15,20,22-24,31,35H,3,6,11-14,30H2,(H,32,39)(H,33,38)(H,36,37)(H,41,42). The maximum Gasteiger partial charge on any atom is 0.326 e. The number of likely N-dealkylation sites (tertiary alicyclic amines) is 1. The summed E-state index contributed by atoms with van der Waals surface area (Å²) in [5.41, 5.74) is 7.85. The van der Waals surface area contributed by atoms with Crippen LogP contribution < -0.4 is 16.4 Å². The van der Waals surface area contributed by atoms with Crippen molar-refractivity contribution in [1.29, 1.82) is 0 Å². The van der Waals surface area contributed by atoms with Crippen LogP contribution >= 0.6 is 0 Å². The maximum absolute atomic E-state index is 13.6. The van der Waals surface area contributed by atoms with Crippen LogP contribution in [0, 0.1) is 0 Å². The highest BCUT2D eigenvalue weighted by Gasteiger charge is 2.38. The summed E-state index contributed by atoms with van der Waals surface area (Å²) >= 11 is 0. The monoisotopic (exact) mass is 579 g/mol. The number of para-hydroxylation sites is 1. The first-order valence-corrected chi connectivity index (χ1v) is 13.5. The van der Waals surface area contributed by atoms with Crippen molar-refractivity contribution < 1.29 is 39.3 Å². The Bertz CT molecular complexity index is 1470. The lowest BCUT2D eigenvalue weighted by molar-refractivity contribution is -0.144. The van der Waals surface area contributed by atoms with E-state index in [4.69, 9.17) is 10.8 Å². The molecule has 0 saturated carbocycles. The van der Waals surface area contributed by atoms with Gasteiger partial charge in [0.2, 0.25) is 17.7 Å². The third-order valence-electron chi connectivity index (χ3n) is 7.27. The van der Waals surface area contributed by atoms with E-state index < -0.39 is 60.2 Å². The maximum atomic E-state index is 13.6. The number of hydrogen-bond acceptors (Lipinski definition) is 7. The molecule has 222 valence electrons. The normalized spacial score (nSPS) is 16.9. The van der Waals surface area contributed by atoms with Gasteiger partial charge in [0, 0.05) is 36.5 Å². The van der Waals surface area contributed by atoms with Crippen molar-refractivity contribution in [2.75, 3.05) is 6.54 Å². The van der Waals surface area contributed by atoms with E-state index in [0.29, 0.717) is 17.5 Å². The van der Waals surface area contributed by atoms with E-state index in [1.165, 1.54) is 17.0 Å². The van der Waals surface area contributed by atoms with Crippen LogP contribution in [0.25, 0.3) is 10.9 Å². The van der Waals surface area contributed by atoms with Crippen LogP contribution in [0.15, 0.2) is 54.7 Å². The van der Waals surface area contributed by atoms with Crippen LogP contribution in [0.3, 0.4) is 0 Å². The van der Waals surface area contributed by atoms with Gasteiger partial charge in [-0.1, -0.05) is 30.3 Å². The highest BCUT2D eigenvalue weighted by atomic mass is 16.4. The van der Waals surface area contributed by atoms with Crippen molar-refractivity contribution in [2.24, 2.45) is 5.73 Å². The van der Waals surface area contributed by atoms with Crippen molar-refractivity contribution in [3.05, 3.63) is 65.9 Å². The van der Waals surface area contributed by atoms with Gasteiger partial charge < -0.3 is 41.6 Å². The Morgan fingerprint density at radius 2 is 1.69 bits per heavy atom. The molecule has 1 saturated heterocycles. The van der Waals surface area contributed by atoms with Crippen molar-refractivity contribution in [3.63, 3.8) is 0 Å². The third-order valence-corrected chi connectivity index (χ3v) is 7.27. The SMILES string of the molecule is NC(CC(=O)O)C(=O)N1CCCC1C(=O)NC(Cc1c[nH]c2ccccc12)C(=O)NC(Cc1ccc(O)cc1)C(=O)O. The molecule has 0 radical (unpaired) electrons. The fourth-order valence-corrected chi connectivity index (χ4v) is 5.13. The van der Waals surface area contributed by atoms with Gasteiger partial charge in [-0.2, -0.15) is 0 Å². The first kappa shape index (κ1) is 30.1. The molecule has 0 spiro atoms. The van der Waals surface area contributed by atoms with Gasteiger partial charge in [0.15, 0.2) is 0 Å². The van der Waals surface area contributed by atoms with E-state index in [-0.39, 0.29) is 31.6 Å². The molecule has 4 atom stereocenters. The van der Waals surface area contributed by atoms with Gasteiger partial charge in [-0.3, -0.25) is 19.2 Å². The predicted molar refractivity (Wildman–Crippen MR) is 150 cm³/mol. The number of carboxylic acid groups (broad SMARTS) is 2. The first-order valence-electron chi connectivity index (χ1n) is 13.5. The number of carbonyl (C=O) groups excluding carboxylic acids is 3. The number of aromatic hydroxyl groups is 1. The number of aromatic nitrogens is 1. The highest BCUT2D eigenvalue weighted by Crippen LogP contribution is 2.22. The van der Waals surface area contributed by atoms with Crippen LogP contribution in [0.4, 0.5) is 0 Å². The largest absolute Gasteiger partial charge is 0.508 e. The number of amides is 3. The van der Waals surface area contributed by atoms with Crippen LogP contribution in [0.2, 0.25) is 0 Å². The van der Waals surface area contributed by atoms with E-state index in [1.807, 2.05) is 24.3 Å². The molecular weight excluding hydrogens is 546 g/mol. The number of nitrogens with zero attached hydrogens (tertiary/aromatic N) is 1. The Labute approximate surface area is 240 Å². The van der Waals surface area contributed by atoms with E-state index in [2.05, 4.69) is 15.6 Å². The van der Waals surface area contributed by atoms with E-state index in [1.54, 1.807) is 18.3 Å². The molecular formula is C29H33N5O8. The fraction of sp³-hybridized carbons (Fsp3) is 0.345. The van der Waals surface area contributed by atoms with Crippen molar-refractivity contribution in [1.82, 2.24) is 20.5 Å². The Morgan fingerprint density at radius 1 is 0.976 bits per heavy atom. The lowest BCUT2D eigenvalue weighted by atomic mass is 10.0. The second-order valence-electron chi connectivity index (χ2n) is 10.3. The van der Waals surface area contributed by atoms with Crippen LogP contribution in [0.5, 0.6) is 5.75 Å². The average Bonchev–Trinajstić information content (AvgIpc) is 3.60. The minimum absolute atomic E-state index is 0.0134. The van der Waals surface area contributed by atoms with E-state index in [0.717, 1.165) is 10.9 Å². The zero-order valence-electron chi connectivity index (χ0n) is 22.7. The second kappa shape index (κ2) is 13.2. The molecule has 2 aromatic carbocycles. The van der Waals surface area contributed by atoms with Crippen molar-refractivity contribution in [3.8, 4) is 5.75 Å². The number of hydrogen-bond donors (Lipinski definition) is 7. The van der Waals surface area contributed by atoms with Gasteiger partial charge in [0.05, 0.1) is 12.5 Å². The summed E-state index contributed by atoms with van der Waals surface area (Å²) in [6, 6.07) is 8.46. The Kier molecular flexibility index (Phi) is 9.42. The minimum atomic E-state index is -1.33. The number of phenolic OH excluding ortho intramolecular Hbond substituents is 1. The molecule has 8 N–H and O–H groups in total. The molecule has 3 aromatic rings. The van der Waals surface area contributed by atoms with Gasteiger partial charge in [-0.15, -0.1) is 0 Å². The van der Waals surface area contributed by atoms with Crippen molar-refractivity contribution in [2.45, 2.75) is 56.3 Å². The quantitative estimate of drug-likeness (QED) is 0.159. The number of nitrogens with two attached hydrogens (primary N) is 1. The molecule has 13 nitrogen and oxygen atoms in total. The number of nitrogens with one attached hydrogen (secondary N) is 3. The smallest absolute Gasteiger partial charge is 0.326 e. The topological polar surface area (TPSA) is 215 Å². The number of benzene rings is 2. The molecule has 2 heterocycles. The number of carboxylic acids is 2. The van der Waals surface area contributed by atoms with Crippen LogP contribution in [-0.4, -0.2) is 85.6 Å². The molecule has 3 amide bonds. The Balaban J connectivity index is 1.55. The number of rotatable bonds is 12. The number of H-pyrrole nitrogens is 1. The number of aliphatic carboxylic acids is 2. The number of carbonyl (C=O) groups is 5.